The summed E-state index contributed by atoms with van der Waals surface area (Å²) in [6, 6.07) is 13.9. The van der Waals surface area contributed by atoms with Crippen LogP contribution >= 0.6 is 0 Å². The van der Waals surface area contributed by atoms with Crippen LogP contribution in [0.15, 0.2) is 53.5 Å². The van der Waals surface area contributed by atoms with Crippen LogP contribution in [-0.2, 0) is 11.2 Å². The summed E-state index contributed by atoms with van der Waals surface area (Å²) in [4.78, 5) is 33.9. The molecular formula is C20H22N4O2. The molecule has 6 nitrogen and oxygen atoms in total. The Morgan fingerprint density at radius 3 is 2.88 bits per heavy atom. The minimum Gasteiger partial charge on any atom is -0.341 e. The Bertz CT molecular complexity index is 961. The molecule has 2 aromatic heterocycles. The minimum atomic E-state index is -0.151. The number of pyridine rings is 1. The first-order valence-corrected chi connectivity index (χ1v) is 9.09. The largest absolute Gasteiger partial charge is 0.341 e. The molecular weight excluding hydrogens is 328 g/mol. The van der Waals surface area contributed by atoms with Gasteiger partial charge >= 0.3 is 5.69 Å². The quantitative estimate of drug-likeness (QED) is 0.769. The molecule has 3 aromatic rings. The molecule has 0 radical (unpaired) electrons. The summed E-state index contributed by atoms with van der Waals surface area (Å²) in [6.45, 7) is 1.27. The van der Waals surface area contributed by atoms with E-state index in [1.54, 1.807) is 16.8 Å². The molecule has 26 heavy (non-hydrogen) atoms. The van der Waals surface area contributed by atoms with E-state index in [-0.39, 0.29) is 17.6 Å². The number of nitrogens with zero attached hydrogens (tertiary/aromatic N) is 3. The van der Waals surface area contributed by atoms with Crippen molar-refractivity contribution in [2.75, 3.05) is 13.1 Å². The number of H-pyrrole nitrogens is 1. The van der Waals surface area contributed by atoms with E-state index in [0.717, 1.165) is 24.8 Å². The maximum Gasteiger partial charge on any atom is 0.327 e. The molecule has 1 aliphatic rings. The molecule has 0 aliphatic carbocycles. The lowest BCUT2D eigenvalue weighted by molar-refractivity contribution is -0.130. The van der Waals surface area contributed by atoms with E-state index in [1.807, 2.05) is 29.2 Å². The topological polar surface area (TPSA) is 71.0 Å². The Morgan fingerprint density at radius 1 is 1.19 bits per heavy atom. The van der Waals surface area contributed by atoms with Crippen molar-refractivity contribution in [3.05, 3.63) is 64.7 Å². The predicted molar refractivity (Wildman–Crippen MR) is 100.0 cm³/mol. The van der Waals surface area contributed by atoms with Crippen LogP contribution in [0.5, 0.6) is 0 Å². The molecule has 6 heteroatoms. The molecule has 0 bridgehead atoms. The summed E-state index contributed by atoms with van der Waals surface area (Å²) < 4.78 is 1.70. The second-order valence-electron chi connectivity index (χ2n) is 6.80. The van der Waals surface area contributed by atoms with Gasteiger partial charge in [-0.15, -0.1) is 0 Å². The van der Waals surface area contributed by atoms with Crippen LogP contribution in [0, 0.1) is 0 Å². The number of nitrogens with one attached hydrogen (secondary N) is 1. The first-order chi connectivity index (χ1) is 12.7. The predicted octanol–water partition coefficient (Wildman–Crippen LogP) is 2.52. The molecule has 3 heterocycles. The maximum absolute atomic E-state index is 12.5. The minimum absolute atomic E-state index is 0.00998. The summed E-state index contributed by atoms with van der Waals surface area (Å²) in [5, 5.41) is 0. The number of aryl methyl sites for hydroxylation is 1. The average Bonchev–Trinajstić information content (AvgIpc) is 3.26. The van der Waals surface area contributed by atoms with Gasteiger partial charge in [-0.05, 0) is 37.0 Å². The number of imidazole rings is 1. The van der Waals surface area contributed by atoms with Gasteiger partial charge in [0.15, 0.2) is 5.65 Å². The first kappa shape index (κ1) is 16.6. The van der Waals surface area contributed by atoms with Gasteiger partial charge in [-0.1, -0.05) is 30.3 Å². The zero-order valence-corrected chi connectivity index (χ0v) is 14.6. The highest BCUT2D eigenvalue weighted by Crippen LogP contribution is 2.24. The zero-order chi connectivity index (χ0) is 17.9. The van der Waals surface area contributed by atoms with Crippen molar-refractivity contribution in [3.8, 4) is 0 Å². The van der Waals surface area contributed by atoms with E-state index in [2.05, 4.69) is 22.1 Å². The number of rotatable bonds is 5. The molecule has 1 N–H and O–H groups in total. The number of likely N-dealkylation sites (tertiary alicyclic amines) is 1. The monoisotopic (exact) mass is 350 g/mol. The molecule has 134 valence electrons. The van der Waals surface area contributed by atoms with E-state index in [1.165, 1.54) is 5.56 Å². The fourth-order valence-corrected chi connectivity index (χ4v) is 3.72. The second-order valence-corrected chi connectivity index (χ2v) is 6.80. The number of hydrogen-bond donors (Lipinski definition) is 1. The third-order valence-electron chi connectivity index (χ3n) is 5.06. The van der Waals surface area contributed by atoms with Crippen LogP contribution < -0.4 is 5.69 Å². The molecule has 1 saturated heterocycles. The third kappa shape index (κ3) is 3.27. The molecule has 4 rings (SSSR count). The smallest absolute Gasteiger partial charge is 0.327 e. The van der Waals surface area contributed by atoms with Gasteiger partial charge in [0.25, 0.3) is 0 Å². The third-order valence-corrected chi connectivity index (χ3v) is 5.06. The highest BCUT2D eigenvalue weighted by Gasteiger charge is 2.29. The molecule has 1 atom stereocenters. The lowest BCUT2D eigenvalue weighted by Crippen LogP contribution is -2.30. The van der Waals surface area contributed by atoms with Gasteiger partial charge in [0.05, 0.1) is 11.6 Å². The molecule has 1 unspecified atom stereocenters. The van der Waals surface area contributed by atoms with Crippen molar-refractivity contribution < 1.29 is 4.79 Å². The van der Waals surface area contributed by atoms with Crippen molar-refractivity contribution in [2.24, 2.45) is 0 Å². The Hall–Kier alpha value is -2.89. The van der Waals surface area contributed by atoms with Gasteiger partial charge in [-0.3, -0.25) is 9.36 Å². The lowest BCUT2D eigenvalue weighted by atomic mass is 10.1. The standard InChI is InChI=1S/C20H22N4O2/c25-18(10-4-8-15-6-2-1-3-7-15)23-13-11-16(14-23)24-19-17(22-20(24)26)9-5-12-21-19/h1-3,5-7,9,12,16H,4,8,10-11,13-14H2,(H,22,26). The molecule has 0 spiro atoms. The fraction of sp³-hybridized carbons (Fsp3) is 0.350. The molecule has 0 saturated carbocycles. The van der Waals surface area contributed by atoms with Crippen molar-refractivity contribution in [1.29, 1.82) is 0 Å². The number of carbonyl (C=O) groups excluding carboxylic acids is 1. The number of amides is 1. The summed E-state index contributed by atoms with van der Waals surface area (Å²) in [5.74, 6) is 0.171. The van der Waals surface area contributed by atoms with E-state index < -0.39 is 0 Å². The van der Waals surface area contributed by atoms with E-state index in [0.29, 0.717) is 25.2 Å². The number of aromatic nitrogens is 3. The number of hydrogen-bond acceptors (Lipinski definition) is 3. The molecule has 1 aromatic carbocycles. The van der Waals surface area contributed by atoms with E-state index in [4.69, 9.17) is 0 Å². The highest BCUT2D eigenvalue weighted by atomic mass is 16.2. The summed E-state index contributed by atoms with van der Waals surface area (Å²) >= 11 is 0. The van der Waals surface area contributed by atoms with Crippen LogP contribution in [0.1, 0.15) is 30.9 Å². The highest BCUT2D eigenvalue weighted by molar-refractivity contribution is 5.76. The number of carbonyl (C=O) groups is 1. The number of fused-ring (bicyclic) bond motifs is 1. The normalized spacial score (nSPS) is 17.1. The van der Waals surface area contributed by atoms with Gasteiger partial charge in [-0.25, -0.2) is 9.78 Å². The van der Waals surface area contributed by atoms with Crippen molar-refractivity contribution in [2.45, 2.75) is 31.7 Å². The molecule has 1 fully saturated rings. The Labute approximate surface area is 151 Å². The summed E-state index contributed by atoms with van der Waals surface area (Å²) in [5.41, 5.74) is 2.52. The maximum atomic E-state index is 12.5. The second kappa shape index (κ2) is 7.15. The van der Waals surface area contributed by atoms with Crippen LogP contribution in [0.25, 0.3) is 11.2 Å². The zero-order valence-electron chi connectivity index (χ0n) is 14.6. The molecule has 1 aliphatic heterocycles. The van der Waals surface area contributed by atoms with E-state index >= 15 is 0 Å². The van der Waals surface area contributed by atoms with Crippen LogP contribution in [-0.4, -0.2) is 38.4 Å². The SMILES string of the molecule is O=C(CCCc1ccccc1)N1CCC(n2c(=O)[nH]c3cccnc32)C1. The van der Waals surface area contributed by atoms with Crippen molar-refractivity contribution in [1.82, 2.24) is 19.4 Å². The van der Waals surface area contributed by atoms with E-state index in [9.17, 15) is 9.59 Å². The van der Waals surface area contributed by atoms with Crippen molar-refractivity contribution in [3.63, 3.8) is 0 Å². The van der Waals surface area contributed by atoms with Crippen molar-refractivity contribution >= 4 is 17.1 Å². The average molecular weight is 350 g/mol. The Balaban J connectivity index is 1.38. The Morgan fingerprint density at radius 2 is 2.04 bits per heavy atom. The first-order valence-electron chi connectivity index (χ1n) is 9.09. The van der Waals surface area contributed by atoms with Crippen LogP contribution in [0.4, 0.5) is 0 Å². The van der Waals surface area contributed by atoms with Gasteiger partial charge < -0.3 is 9.88 Å². The van der Waals surface area contributed by atoms with Crippen LogP contribution in [0.2, 0.25) is 0 Å². The van der Waals surface area contributed by atoms with Gasteiger partial charge in [-0.2, -0.15) is 0 Å². The lowest BCUT2D eigenvalue weighted by Gasteiger charge is -2.17. The molecule has 1 amide bonds. The number of aromatic amines is 1. The summed E-state index contributed by atoms with van der Waals surface area (Å²) in [7, 11) is 0. The number of benzene rings is 1. The fourth-order valence-electron chi connectivity index (χ4n) is 3.72. The van der Waals surface area contributed by atoms with Crippen LogP contribution in [0.3, 0.4) is 0 Å². The van der Waals surface area contributed by atoms with Gasteiger partial charge in [0, 0.05) is 25.7 Å². The Kier molecular flexibility index (Phi) is 4.56. The summed E-state index contributed by atoms with van der Waals surface area (Å²) in [6.07, 6.45) is 4.78. The van der Waals surface area contributed by atoms with Gasteiger partial charge in [0.2, 0.25) is 5.91 Å². The van der Waals surface area contributed by atoms with Gasteiger partial charge in [0.1, 0.15) is 0 Å².